The summed E-state index contributed by atoms with van der Waals surface area (Å²) in [4.78, 5) is 20.4. The fourth-order valence-electron chi connectivity index (χ4n) is 2.47. The van der Waals surface area contributed by atoms with Gasteiger partial charge < -0.3 is 4.90 Å². The van der Waals surface area contributed by atoms with Gasteiger partial charge in [0.25, 0.3) is 0 Å². The van der Waals surface area contributed by atoms with Crippen LogP contribution in [0.1, 0.15) is 5.56 Å². The zero-order valence-electron chi connectivity index (χ0n) is 12.4. The number of carbonyl (C=O) groups excluding carboxylic acids is 1. The van der Waals surface area contributed by atoms with Crippen molar-refractivity contribution in [1.82, 2.24) is 14.8 Å². The Morgan fingerprint density at radius 1 is 1.30 bits per heavy atom. The number of amides is 2. The highest BCUT2D eigenvalue weighted by Gasteiger charge is 2.22. The molecule has 122 valence electrons. The number of benzene rings is 1. The zero-order valence-corrected chi connectivity index (χ0v) is 14.9. The number of anilines is 1. The van der Waals surface area contributed by atoms with Gasteiger partial charge in [0.1, 0.15) is 0 Å². The summed E-state index contributed by atoms with van der Waals surface area (Å²) in [6, 6.07) is 7.77. The minimum atomic E-state index is -0.106. The number of urea groups is 1. The number of thiazole rings is 1. The molecule has 3 rings (SSSR count). The molecule has 0 bridgehead atoms. The number of hydrogen-bond donors (Lipinski definition) is 2. The van der Waals surface area contributed by atoms with Crippen molar-refractivity contribution in [2.75, 3.05) is 31.5 Å². The lowest BCUT2D eigenvalue weighted by atomic mass is 10.2. The van der Waals surface area contributed by atoms with Gasteiger partial charge >= 0.3 is 6.03 Å². The van der Waals surface area contributed by atoms with E-state index < -0.39 is 0 Å². The molecule has 5 nitrogen and oxygen atoms in total. The molecule has 1 aliphatic rings. The number of hydrogen-bond acceptors (Lipinski definition) is 5. The van der Waals surface area contributed by atoms with Crippen LogP contribution in [0.5, 0.6) is 0 Å². The van der Waals surface area contributed by atoms with Crippen LogP contribution in [-0.2, 0) is 6.54 Å². The molecule has 1 aromatic carbocycles. The van der Waals surface area contributed by atoms with E-state index in [9.17, 15) is 4.79 Å². The summed E-state index contributed by atoms with van der Waals surface area (Å²) in [5.41, 5.74) is 1.12. The van der Waals surface area contributed by atoms with Crippen LogP contribution < -0.4 is 5.32 Å². The van der Waals surface area contributed by atoms with E-state index in [0.29, 0.717) is 18.2 Å². The second-order valence-electron chi connectivity index (χ2n) is 5.29. The lowest BCUT2D eigenvalue weighted by molar-refractivity contribution is 0.143. The standard InChI is InChI=1S/C15H17ClN4OS2/c16-12-4-2-1-3-11(12)10-19-5-7-20(8-6-19)15(21)18-14-17-9-13(22)23-14/h1-4,9,22H,5-8,10H2,(H,17,18,21). The van der Waals surface area contributed by atoms with E-state index in [4.69, 9.17) is 11.6 Å². The Hall–Kier alpha value is -1.28. The van der Waals surface area contributed by atoms with Crippen LogP contribution in [0.2, 0.25) is 5.02 Å². The van der Waals surface area contributed by atoms with Crippen LogP contribution in [0.25, 0.3) is 0 Å². The predicted octanol–water partition coefficient (Wildman–Crippen LogP) is 3.43. The van der Waals surface area contributed by atoms with Gasteiger partial charge in [0.05, 0.1) is 10.4 Å². The molecule has 1 N–H and O–H groups in total. The maximum Gasteiger partial charge on any atom is 0.323 e. The van der Waals surface area contributed by atoms with E-state index in [1.54, 1.807) is 6.20 Å². The number of piperazine rings is 1. The Bertz CT molecular complexity index is 686. The topological polar surface area (TPSA) is 48.5 Å². The molecule has 1 fully saturated rings. The molecule has 0 saturated carbocycles. The number of carbonyl (C=O) groups is 1. The van der Waals surface area contributed by atoms with Gasteiger partial charge in [0.15, 0.2) is 5.13 Å². The smallest absolute Gasteiger partial charge is 0.322 e. The zero-order chi connectivity index (χ0) is 16.2. The fourth-order valence-corrected chi connectivity index (χ4v) is 3.53. The fraction of sp³-hybridized carbons (Fsp3) is 0.333. The highest BCUT2D eigenvalue weighted by Crippen LogP contribution is 2.22. The van der Waals surface area contributed by atoms with Gasteiger partial charge in [-0.2, -0.15) is 0 Å². The second-order valence-corrected chi connectivity index (χ2v) is 7.51. The molecule has 0 aliphatic carbocycles. The van der Waals surface area contributed by atoms with Crippen LogP contribution in [-0.4, -0.2) is 47.0 Å². The summed E-state index contributed by atoms with van der Waals surface area (Å²) < 4.78 is 0.782. The van der Waals surface area contributed by atoms with Crippen molar-refractivity contribution in [2.24, 2.45) is 0 Å². The van der Waals surface area contributed by atoms with Gasteiger partial charge in [0.2, 0.25) is 0 Å². The molecular formula is C15H17ClN4OS2. The Morgan fingerprint density at radius 3 is 2.70 bits per heavy atom. The van der Waals surface area contributed by atoms with Crippen molar-refractivity contribution >= 4 is 46.7 Å². The SMILES string of the molecule is O=C(Nc1ncc(S)s1)N1CCN(Cc2ccccc2Cl)CC1. The van der Waals surface area contributed by atoms with Gasteiger partial charge in [-0.15, -0.1) is 12.6 Å². The molecule has 1 saturated heterocycles. The molecular weight excluding hydrogens is 352 g/mol. The summed E-state index contributed by atoms with van der Waals surface area (Å²) in [5, 5.41) is 4.18. The normalized spacial score (nSPS) is 15.7. The molecule has 0 radical (unpaired) electrons. The van der Waals surface area contributed by atoms with Crippen LogP contribution in [0.15, 0.2) is 34.7 Å². The van der Waals surface area contributed by atoms with E-state index in [0.717, 1.165) is 34.4 Å². The summed E-state index contributed by atoms with van der Waals surface area (Å²) >= 11 is 11.8. The van der Waals surface area contributed by atoms with Gasteiger partial charge in [0, 0.05) is 37.7 Å². The van der Waals surface area contributed by atoms with Crippen molar-refractivity contribution in [3.05, 3.63) is 41.0 Å². The molecule has 2 heterocycles. The molecule has 1 aliphatic heterocycles. The number of rotatable bonds is 3. The van der Waals surface area contributed by atoms with Crippen LogP contribution in [0, 0.1) is 0 Å². The highest BCUT2D eigenvalue weighted by atomic mass is 35.5. The van der Waals surface area contributed by atoms with Crippen molar-refractivity contribution in [1.29, 1.82) is 0 Å². The third kappa shape index (κ3) is 4.38. The number of nitrogens with one attached hydrogen (secondary N) is 1. The first kappa shape index (κ1) is 16.6. The van der Waals surface area contributed by atoms with Crippen LogP contribution in [0.4, 0.5) is 9.93 Å². The molecule has 2 amide bonds. The maximum absolute atomic E-state index is 12.2. The third-order valence-corrected chi connectivity index (χ3v) is 5.19. The number of nitrogens with zero attached hydrogens (tertiary/aromatic N) is 3. The first-order valence-electron chi connectivity index (χ1n) is 7.28. The average Bonchev–Trinajstić information content (AvgIpc) is 2.95. The number of thiol groups is 1. The average molecular weight is 369 g/mol. The summed E-state index contributed by atoms with van der Waals surface area (Å²) in [7, 11) is 0. The largest absolute Gasteiger partial charge is 0.323 e. The maximum atomic E-state index is 12.2. The van der Waals surface area contributed by atoms with Crippen molar-refractivity contribution < 1.29 is 4.79 Å². The quantitative estimate of drug-likeness (QED) is 0.816. The van der Waals surface area contributed by atoms with Crippen molar-refractivity contribution in [3.8, 4) is 0 Å². The number of aromatic nitrogens is 1. The molecule has 2 aromatic rings. The van der Waals surface area contributed by atoms with Crippen LogP contribution in [0.3, 0.4) is 0 Å². The van der Waals surface area contributed by atoms with Gasteiger partial charge in [-0.1, -0.05) is 41.1 Å². The third-order valence-electron chi connectivity index (χ3n) is 3.72. The van der Waals surface area contributed by atoms with Gasteiger partial charge in [-0.25, -0.2) is 9.78 Å². The summed E-state index contributed by atoms with van der Waals surface area (Å²) in [6.07, 6.45) is 1.63. The lowest BCUT2D eigenvalue weighted by Crippen LogP contribution is -2.49. The van der Waals surface area contributed by atoms with E-state index in [1.807, 2.05) is 29.2 Å². The van der Waals surface area contributed by atoms with E-state index in [1.165, 1.54) is 11.3 Å². The summed E-state index contributed by atoms with van der Waals surface area (Å²) in [5.74, 6) is 0. The Labute approximate surface area is 149 Å². The summed E-state index contributed by atoms with van der Waals surface area (Å²) in [6.45, 7) is 3.85. The first-order chi connectivity index (χ1) is 11.1. The Morgan fingerprint density at radius 2 is 2.04 bits per heavy atom. The minimum absolute atomic E-state index is 0.106. The molecule has 1 aromatic heterocycles. The second kappa shape index (κ2) is 7.53. The van der Waals surface area contributed by atoms with Crippen molar-refractivity contribution in [3.63, 3.8) is 0 Å². The predicted molar refractivity (Wildman–Crippen MR) is 96.7 cm³/mol. The first-order valence-corrected chi connectivity index (χ1v) is 8.92. The monoisotopic (exact) mass is 368 g/mol. The van der Waals surface area contributed by atoms with Crippen molar-refractivity contribution in [2.45, 2.75) is 10.8 Å². The lowest BCUT2D eigenvalue weighted by Gasteiger charge is -2.34. The molecule has 23 heavy (non-hydrogen) atoms. The Kier molecular flexibility index (Phi) is 5.42. The van der Waals surface area contributed by atoms with Gasteiger partial charge in [-0.3, -0.25) is 10.2 Å². The molecule has 0 atom stereocenters. The highest BCUT2D eigenvalue weighted by molar-refractivity contribution is 7.83. The van der Waals surface area contributed by atoms with E-state index in [2.05, 4.69) is 27.8 Å². The van der Waals surface area contributed by atoms with E-state index in [-0.39, 0.29) is 6.03 Å². The molecule has 0 spiro atoms. The van der Waals surface area contributed by atoms with Gasteiger partial charge in [-0.05, 0) is 11.6 Å². The molecule has 8 heteroatoms. The Balaban J connectivity index is 1.50. The minimum Gasteiger partial charge on any atom is -0.322 e. The van der Waals surface area contributed by atoms with Crippen LogP contribution >= 0.6 is 35.6 Å². The molecule has 0 unspecified atom stereocenters. The number of halogens is 1. The van der Waals surface area contributed by atoms with E-state index >= 15 is 0 Å².